The van der Waals surface area contributed by atoms with Gasteiger partial charge in [0, 0.05) is 12.1 Å². The summed E-state index contributed by atoms with van der Waals surface area (Å²) >= 11 is 0. The summed E-state index contributed by atoms with van der Waals surface area (Å²) in [7, 11) is 1.47. The van der Waals surface area contributed by atoms with E-state index < -0.39 is 0 Å². The maximum atomic E-state index is 12.1. The molecule has 1 amide bonds. The van der Waals surface area contributed by atoms with Crippen LogP contribution in [0, 0.1) is 11.3 Å². The highest BCUT2D eigenvalue weighted by molar-refractivity contribution is 5.78. The largest absolute Gasteiger partial charge is 0.493 e. The van der Waals surface area contributed by atoms with Gasteiger partial charge in [0.25, 0.3) is 5.91 Å². The highest BCUT2D eigenvalue weighted by Gasteiger charge is 2.16. The third kappa shape index (κ3) is 4.74. The number of amides is 1. The van der Waals surface area contributed by atoms with Gasteiger partial charge in [-0.3, -0.25) is 4.79 Å². The SMILES string of the molecule is COc1cc(-c2nc(N)nc(N)c2C#N)ccc1OCC(=O)NCc1ccccc1. The Morgan fingerprint density at radius 2 is 1.90 bits per heavy atom. The molecule has 0 aliphatic heterocycles. The first-order chi connectivity index (χ1) is 14.5. The molecule has 9 heteroatoms. The van der Waals surface area contributed by atoms with Crippen LogP contribution in [-0.4, -0.2) is 29.6 Å². The zero-order valence-corrected chi connectivity index (χ0v) is 16.3. The van der Waals surface area contributed by atoms with Crippen LogP contribution in [-0.2, 0) is 11.3 Å². The van der Waals surface area contributed by atoms with E-state index >= 15 is 0 Å². The zero-order chi connectivity index (χ0) is 21.5. The number of benzene rings is 2. The monoisotopic (exact) mass is 404 g/mol. The maximum absolute atomic E-state index is 12.1. The Morgan fingerprint density at radius 1 is 1.13 bits per heavy atom. The molecule has 0 aliphatic rings. The van der Waals surface area contributed by atoms with E-state index in [9.17, 15) is 10.1 Å². The van der Waals surface area contributed by atoms with Crippen LogP contribution in [0.3, 0.4) is 0 Å². The lowest BCUT2D eigenvalue weighted by atomic mass is 10.1. The van der Waals surface area contributed by atoms with E-state index in [4.69, 9.17) is 20.9 Å². The van der Waals surface area contributed by atoms with Gasteiger partial charge in [0.2, 0.25) is 5.95 Å². The molecule has 5 N–H and O–H groups in total. The predicted octanol–water partition coefficient (Wildman–Crippen LogP) is 1.88. The van der Waals surface area contributed by atoms with Gasteiger partial charge in [-0.05, 0) is 23.8 Å². The first-order valence-electron chi connectivity index (χ1n) is 8.96. The maximum Gasteiger partial charge on any atom is 0.258 e. The average Bonchev–Trinajstić information content (AvgIpc) is 2.76. The number of carbonyl (C=O) groups excluding carboxylic acids is 1. The van der Waals surface area contributed by atoms with Crippen molar-refractivity contribution in [2.75, 3.05) is 25.2 Å². The van der Waals surface area contributed by atoms with Crippen molar-refractivity contribution in [3.05, 3.63) is 59.7 Å². The summed E-state index contributed by atoms with van der Waals surface area (Å²) in [6.07, 6.45) is 0. The van der Waals surface area contributed by atoms with Crippen LogP contribution in [0.5, 0.6) is 11.5 Å². The highest BCUT2D eigenvalue weighted by atomic mass is 16.5. The number of nitrogen functional groups attached to an aromatic ring is 2. The molecule has 0 fully saturated rings. The van der Waals surface area contributed by atoms with Gasteiger partial charge in [0.1, 0.15) is 17.5 Å². The number of nitriles is 1. The fraction of sp³-hybridized carbons (Fsp3) is 0.143. The molecule has 0 spiro atoms. The number of hydrogen-bond acceptors (Lipinski definition) is 8. The Labute approximate surface area is 173 Å². The van der Waals surface area contributed by atoms with Gasteiger partial charge in [-0.15, -0.1) is 0 Å². The van der Waals surface area contributed by atoms with Gasteiger partial charge in [-0.2, -0.15) is 10.2 Å². The molecule has 152 valence electrons. The van der Waals surface area contributed by atoms with Gasteiger partial charge in [-0.1, -0.05) is 30.3 Å². The number of methoxy groups -OCH3 is 1. The average molecular weight is 404 g/mol. The van der Waals surface area contributed by atoms with Crippen molar-refractivity contribution in [3.8, 4) is 28.8 Å². The molecule has 0 saturated heterocycles. The number of nitrogens with two attached hydrogens (primary N) is 2. The van der Waals surface area contributed by atoms with Crippen LogP contribution in [0.1, 0.15) is 11.1 Å². The topological polar surface area (TPSA) is 149 Å². The second kappa shape index (κ2) is 9.25. The molecule has 3 aromatic rings. The molecule has 0 aliphatic carbocycles. The standard InChI is InChI=1S/C21H20N6O3/c1-29-17-9-14(19-15(10-22)20(23)27-21(24)26-19)7-8-16(17)30-12-18(28)25-11-13-5-3-2-4-6-13/h2-9H,11-12H2,1H3,(H,25,28)(H4,23,24,26,27). The van der Waals surface area contributed by atoms with E-state index in [1.54, 1.807) is 18.2 Å². The summed E-state index contributed by atoms with van der Waals surface area (Å²) in [6, 6.07) is 16.5. The van der Waals surface area contributed by atoms with E-state index in [0.29, 0.717) is 23.6 Å². The lowest BCUT2D eigenvalue weighted by molar-refractivity contribution is -0.123. The second-order valence-corrected chi connectivity index (χ2v) is 6.22. The van der Waals surface area contributed by atoms with Crippen molar-refractivity contribution in [1.29, 1.82) is 5.26 Å². The summed E-state index contributed by atoms with van der Waals surface area (Å²) in [6.45, 7) is 0.228. The van der Waals surface area contributed by atoms with Crippen LogP contribution < -0.4 is 26.3 Å². The first-order valence-corrected chi connectivity index (χ1v) is 8.96. The molecule has 0 atom stereocenters. The van der Waals surface area contributed by atoms with Crippen molar-refractivity contribution in [2.24, 2.45) is 0 Å². The molecule has 9 nitrogen and oxygen atoms in total. The molecule has 0 bridgehead atoms. The summed E-state index contributed by atoms with van der Waals surface area (Å²) < 4.78 is 10.9. The summed E-state index contributed by atoms with van der Waals surface area (Å²) in [5, 5.41) is 12.1. The molecule has 30 heavy (non-hydrogen) atoms. The Morgan fingerprint density at radius 3 is 2.60 bits per heavy atom. The lowest BCUT2D eigenvalue weighted by Crippen LogP contribution is -2.28. The molecule has 1 aromatic heterocycles. The van der Waals surface area contributed by atoms with Gasteiger partial charge in [-0.25, -0.2) is 4.98 Å². The number of anilines is 2. The third-order valence-corrected chi connectivity index (χ3v) is 4.19. The Bertz CT molecular complexity index is 1100. The third-order valence-electron chi connectivity index (χ3n) is 4.19. The Balaban J connectivity index is 1.72. The van der Waals surface area contributed by atoms with Crippen LogP contribution in [0.25, 0.3) is 11.3 Å². The molecule has 0 saturated carbocycles. The second-order valence-electron chi connectivity index (χ2n) is 6.22. The number of nitrogens with one attached hydrogen (secondary N) is 1. The number of aromatic nitrogens is 2. The Hall–Kier alpha value is -4.32. The van der Waals surface area contributed by atoms with E-state index in [0.717, 1.165) is 5.56 Å². The minimum atomic E-state index is -0.270. The van der Waals surface area contributed by atoms with Gasteiger partial charge >= 0.3 is 0 Å². The number of ether oxygens (including phenoxy) is 2. The minimum absolute atomic E-state index is 0.00520. The fourth-order valence-electron chi connectivity index (χ4n) is 2.74. The molecule has 3 rings (SSSR count). The van der Waals surface area contributed by atoms with E-state index in [-0.39, 0.29) is 35.5 Å². The summed E-state index contributed by atoms with van der Waals surface area (Å²) in [5.41, 5.74) is 13.4. The quantitative estimate of drug-likeness (QED) is 0.540. The number of nitrogens with zero attached hydrogens (tertiary/aromatic N) is 3. The van der Waals surface area contributed by atoms with Crippen molar-refractivity contribution in [1.82, 2.24) is 15.3 Å². The van der Waals surface area contributed by atoms with Crippen molar-refractivity contribution < 1.29 is 14.3 Å². The number of rotatable bonds is 7. The highest BCUT2D eigenvalue weighted by Crippen LogP contribution is 2.34. The molecule has 0 unspecified atom stereocenters. The molecular formula is C21H20N6O3. The lowest BCUT2D eigenvalue weighted by Gasteiger charge is -2.13. The van der Waals surface area contributed by atoms with Crippen molar-refractivity contribution in [3.63, 3.8) is 0 Å². The fourth-order valence-corrected chi connectivity index (χ4v) is 2.74. The van der Waals surface area contributed by atoms with Crippen LogP contribution in [0.15, 0.2) is 48.5 Å². The van der Waals surface area contributed by atoms with Gasteiger partial charge < -0.3 is 26.3 Å². The van der Waals surface area contributed by atoms with Crippen LogP contribution in [0.4, 0.5) is 11.8 Å². The van der Waals surface area contributed by atoms with Crippen LogP contribution >= 0.6 is 0 Å². The minimum Gasteiger partial charge on any atom is -0.493 e. The van der Waals surface area contributed by atoms with E-state index in [1.807, 2.05) is 36.4 Å². The molecule has 1 heterocycles. The Kier molecular flexibility index (Phi) is 6.29. The van der Waals surface area contributed by atoms with Gasteiger partial charge in [0.15, 0.2) is 18.1 Å². The van der Waals surface area contributed by atoms with E-state index in [2.05, 4.69) is 15.3 Å². The van der Waals surface area contributed by atoms with Gasteiger partial charge in [0.05, 0.1) is 12.8 Å². The van der Waals surface area contributed by atoms with Crippen LogP contribution in [0.2, 0.25) is 0 Å². The normalized spacial score (nSPS) is 10.1. The zero-order valence-electron chi connectivity index (χ0n) is 16.3. The number of carbonyl (C=O) groups is 1. The first kappa shape index (κ1) is 20.4. The summed E-state index contributed by atoms with van der Waals surface area (Å²) in [4.78, 5) is 20.0. The smallest absolute Gasteiger partial charge is 0.258 e. The number of hydrogen-bond donors (Lipinski definition) is 3. The molecule has 2 aromatic carbocycles. The predicted molar refractivity (Wildman–Crippen MR) is 111 cm³/mol. The molecular weight excluding hydrogens is 384 g/mol. The summed E-state index contributed by atoms with van der Waals surface area (Å²) in [5.74, 6) is 0.408. The molecule has 0 radical (unpaired) electrons. The van der Waals surface area contributed by atoms with E-state index in [1.165, 1.54) is 7.11 Å². The van der Waals surface area contributed by atoms with Crippen molar-refractivity contribution in [2.45, 2.75) is 6.54 Å². The van der Waals surface area contributed by atoms with Crippen molar-refractivity contribution >= 4 is 17.7 Å².